The molecule has 8 nitrogen and oxygen atoms in total. The van der Waals surface area contributed by atoms with Crippen LogP contribution in [0.15, 0.2) is 18.2 Å². The van der Waals surface area contributed by atoms with Crippen molar-refractivity contribution in [1.82, 2.24) is 4.90 Å². The van der Waals surface area contributed by atoms with Gasteiger partial charge < -0.3 is 28.6 Å². The highest BCUT2D eigenvalue weighted by atomic mass is 16.6. The molecule has 0 N–H and O–H groups in total. The van der Waals surface area contributed by atoms with Crippen molar-refractivity contribution in [2.24, 2.45) is 10.8 Å². The van der Waals surface area contributed by atoms with Crippen LogP contribution in [0, 0.1) is 10.8 Å². The fraction of sp³-hybridized carbons (Fsp3) is 0.654. The van der Waals surface area contributed by atoms with E-state index in [-0.39, 0.29) is 30.4 Å². The zero-order valence-electron chi connectivity index (χ0n) is 20.8. The van der Waals surface area contributed by atoms with Crippen molar-refractivity contribution in [2.75, 3.05) is 33.4 Å². The second-order valence-electron chi connectivity index (χ2n) is 10.4. The number of carbonyl (C=O) groups is 3. The molecule has 3 atom stereocenters. The zero-order chi connectivity index (χ0) is 24.7. The molecule has 186 valence electrons. The molecule has 3 aliphatic rings. The normalized spacial score (nSPS) is 29.6. The molecule has 1 aromatic rings. The van der Waals surface area contributed by atoms with E-state index in [2.05, 4.69) is 0 Å². The molecule has 34 heavy (non-hydrogen) atoms. The molecule has 3 fully saturated rings. The lowest BCUT2D eigenvalue weighted by Gasteiger charge is -2.41. The van der Waals surface area contributed by atoms with E-state index >= 15 is 0 Å². The summed E-state index contributed by atoms with van der Waals surface area (Å²) in [6, 6.07) is 5.63. The predicted octanol–water partition coefficient (Wildman–Crippen LogP) is 2.94. The Bertz CT molecular complexity index is 989. The van der Waals surface area contributed by atoms with Gasteiger partial charge in [-0.3, -0.25) is 9.59 Å². The number of benzene rings is 1. The summed E-state index contributed by atoms with van der Waals surface area (Å²) in [5.74, 6) is 0.910. The third-order valence-corrected chi connectivity index (χ3v) is 8.27. The molecule has 1 saturated carbocycles. The molecule has 0 radical (unpaired) electrons. The molecule has 2 heterocycles. The number of Topliss-reactive ketones (excluding diaryl/α,β-unsaturated/α-hetero) is 1. The summed E-state index contributed by atoms with van der Waals surface area (Å²) in [5.41, 5.74) is -1.32. The highest BCUT2D eigenvalue weighted by molar-refractivity contribution is 5.96. The van der Waals surface area contributed by atoms with Gasteiger partial charge in [0.1, 0.15) is 18.5 Å². The van der Waals surface area contributed by atoms with E-state index in [1.165, 1.54) is 0 Å². The molecule has 1 aromatic carbocycles. The van der Waals surface area contributed by atoms with E-state index in [1.807, 2.05) is 39.0 Å². The van der Waals surface area contributed by atoms with Gasteiger partial charge in [0.05, 0.1) is 25.7 Å². The standard InChI is InChI=1S/C26H35NO7/c1-17(28)6-7-18-8-9-20(21(14-18)31-5)33-16-19-15-27(12-13-32-19)22(29)26-11-10-25(4,23(30)34-26)24(26,2)3/h8-9,14,19H,6-7,10-13,15-16H2,1-5H3. The average molecular weight is 474 g/mol. The number of ether oxygens (including phenoxy) is 4. The Morgan fingerprint density at radius 1 is 1.18 bits per heavy atom. The number of nitrogens with zero attached hydrogens (tertiary/aromatic N) is 1. The van der Waals surface area contributed by atoms with Crippen molar-refractivity contribution in [3.05, 3.63) is 23.8 Å². The molecule has 4 rings (SSSR count). The Labute approximate surface area is 200 Å². The van der Waals surface area contributed by atoms with Crippen molar-refractivity contribution >= 4 is 17.7 Å². The number of fused-ring (bicyclic) bond motifs is 2. The number of amides is 1. The first-order valence-corrected chi connectivity index (χ1v) is 12.0. The van der Waals surface area contributed by atoms with Gasteiger partial charge in [-0.2, -0.15) is 0 Å². The number of morpholine rings is 1. The van der Waals surface area contributed by atoms with Gasteiger partial charge in [0.25, 0.3) is 5.91 Å². The predicted molar refractivity (Wildman–Crippen MR) is 124 cm³/mol. The molecule has 2 aliphatic heterocycles. The van der Waals surface area contributed by atoms with Crippen LogP contribution < -0.4 is 9.47 Å². The van der Waals surface area contributed by atoms with Crippen LogP contribution in [0.3, 0.4) is 0 Å². The first-order chi connectivity index (χ1) is 16.0. The van der Waals surface area contributed by atoms with Gasteiger partial charge in [-0.1, -0.05) is 19.9 Å². The number of rotatable bonds is 8. The molecule has 8 heteroatoms. The Balaban J connectivity index is 1.40. The summed E-state index contributed by atoms with van der Waals surface area (Å²) in [6.45, 7) is 8.89. The van der Waals surface area contributed by atoms with Crippen LogP contribution in [0.5, 0.6) is 11.5 Å². The summed E-state index contributed by atoms with van der Waals surface area (Å²) >= 11 is 0. The molecule has 1 aliphatic carbocycles. The maximum atomic E-state index is 13.7. The number of methoxy groups -OCH3 is 1. The molecule has 1 amide bonds. The van der Waals surface area contributed by atoms with E-state index in [4.69, 9.17) is 18.9 Å². The zero-order valence-corrected chi connectivity index (χ0v) is 20.8. The number of hydrogen-bond acceptors (Lipinski definition) is 7. The van der Waals surface area contributed by atoms with Crippen LogP contribution in [0.2, 0.25) is 0 Å². The molecule has 2 saturated heterocycles. The summed E-state index contributed by atoms with van der Waals surface area (Å²) in [7, 11) is 1.58. The number of ketones is 1. The summed E-state index contributed by atoms with van der Waals surface area (Å²) < 4.78 is 23.1. The van der Waals surface area contributed by atoms with Crippen LogP contribution in [0.25, 0.3) is 0 Å². The Morgan fingerprint density at radius 2 is 1.94 bits per heavy atom. The van der Waals surface area contributed by atoms with Crippen LogP contribution in [0.1, 0.15) is 52.5 Å². The largest absolute Gasteiger partial charge is 0.493 e. The number of carbonyl (C=O) groups excluding carboxylic acids is 3. The minimum absolute atomic E-state index is 0.132. The molecule has 0 spiro atoms. The lowest BCUT2D eigenvalue weighted by molar-refractivity contribution is -0.178. The quantitative estimate of drug-likeness (QED) is 0.536. The number of hydrogen-bond donors (Lipinski definition) is 0. The maximum Gasteiger partial charge on any atom is 0.313 e. The van der Waals surface area contributed by atoms with Crippen LogP contribution in [-0.4, -0.2) is 67.7 Å². The third kappa shape index (κ3) is 3.85. The SMILES string of the molecule is COc1cc(CCC(C)=O)ccc1OCC1CN(C(=O)C23CCC(C)(C(=O)O2)C3(C)C)CCO1. The second kappa shape index (κ2) is 8.87. The topological polar surface area (TPSA) is 91.4 Å². The highest BCUT2D eigenvalue weighted by Crippen LogP contribution is 2.66. The molecule has 0 aromatic heterocycles. The van der Waals surface area contributed by atoms with E-state index < -0.39 is 16.4 Å². The van der Waals surface area contributed by atoms with E-state index in [0.29, 0.717) is 56.9 Å². The average Bonchev–Trinajstić information content (AvgIpc) is 3.11. The van der Waals surface area contributed by atoms with E-state index in [0.717, 1.165) is 5.56 Å². The second-order valence-corrected chi connectivity index (χ2v) is 10.4. The smallest absolute Gasteiger partial charge is 0.313 e. The van der Waals surface area contributed by atoms with Gasteiger partial charge in [-0.15, -0.1) is 0 Å². The molecular weight excluding hydrogens is 438 g/mol. The minimum Gasteiger partial charge on any atom is -0.493 e. The van der Waals surface area contributed by atoms with Gasteiger partial charge in [-0.25, -0.2) is 0 Å². The molecule has 2 bridgehead atoms. The lowest BCUT2D eigenvalue weighted by Crippen LogP contribution is -2.59. The fourth-order valence-electron chi connectivity index (χ4n) is 5.47. The highest BCUT2D eigenvalue weighted by Gasteiger charge is 2.76. The van der Waals surface area contributed by atoms with Crippen molar-refractivity contribution in [3.8, 4) is 11.5 Å². The monoisotopic (exact) mass is 473 g/mol. The Kier molecular flexibility index (Phi) is 6.40. The van der Waals surface area contributed by atoms with Crippen molar-refractivity contribution in [2.45, 2.75) is 65.1 Å². The van der Waals surface area contributed by atoms with Crippen LogP contribution in [-0.2, 0) is 30.3 Å². The van der Waals surface area contributed by atoms with Crippen molar-refractivity contribution in [1.29, 1.82) is 0 Å². The minimum atomic E-state index is -1.11. The van der Waals surface area contributed by atoms with E-state index in [9.17, 15) is 14.4 Å². The lowest BCUT2D eigenvalue weighted by atomic mass is 9.66. The third-order valence-electron chi connectivity index (χ3n) is 8.27. The molecular formula is C26H35NO7. The van der Waals surface area contributed by atoms with Gasteiger partial charge in [-0.05, 0) is 50.8 Å². The van der Waals surface area contributed by atoms with E-state index in [1.54, 1.807) is 18.9 Å². The van der Waals surface area contributed by atoms with Gasteiger partial charge in [0.2, 0.25) is 0 Å². The summed E-state index contributed by atoms with van der Waals surface area (Å²) in [4.78, 5) is 39.3. The van der Waals surface area contributed by atoms with Crippen LogP contribution in [0.4, 0.5) is 0 Å². The van der Waals surface area contributed by atoms with Gasteiger partial charge in [0.15, 0.2) is 17.1 Å². The summed E-state index contributed by atoms with van der Waals surface area (Å²) in [6.07, 6.45) is 2.02. The van der Waals surface area contributed by atoms with Gasteiger partial charge >= 0.3 is 5.97 Å². The Morgan fingerprint density at radius 3 is 2.56 bits per heavy atom. The van der Waals surface area contributed by atoms with Crippen LogP contribution >= 0.6 is 0 Å². The Hall–Kier alpha value is -2.61. The van der Waals surface area contributed by atoms with Crippen molar-refractivity contribution in [3.63, 3.8) is 0 Å². The maximum absolute atomic E-state index is 13.7. The number of esters is 1. The first kappa shape index (κ1) is 24.5. The molecule has 3 unspecified atom stereocenters. The summed E-state index contributed by atoms with van der Waals surface area (Å²) in [5, 5.41) is 0. The van der Waals surface area contributed by atoms with Crippen molar-refractivity contribution < 1.29 is 33.3 Å². The fourth-order valence-corrected chi connectivity index (χ4v) is 5.47. The van der Waals surface area contributed by atoms with Gasteiger partial charge in [0, 0.05) is 18.4 Å². The number of aryl methyl sites for hydroxylation is 1. The first-order valence-electron chi connectivity index (χ1n) is 12.0.